The van der Waals surface area contributed by atoms with Crippen LogP contribution in [0, 0.1) is 5.92 Å². The summed E-state index contributed by atoms with van der Waals surface area (Å²) in [6.07, 6.45) is 7.96. The normalized spacial score (nSPS) is 17.6. The Morgan fingerprint density at radius 1 is 1.07 bits per heavy atom. The molecular weight excluding hydrogens is 366 g/mol. The number of rotatable bonds is 5. The Kier molecular flexibility index (Phi) is 4.62. The van der Waals surface area contributed by atoms with Crippen LogP contribution in [0.15, 0.2) is 53.6 Å². The zero-order valence-electron chi connectivity index (χ0n) is 16.3. The summed E-state index contributed by atoms with van der Waals surface area (Å²) in [4.78, 5) is 28.8. The van der Waals surface area contributed by atoms with Crippen LogP contribution in [0.1, 0.15) is 36.0 Å². The van der Waals surface area contributed by atoms with Crippen molar-refractivity contribution in [2.45, 2.75) is 38.3 Å². The number of carbonyl (C=O) groups is 1. The fraction of sp³-hybridized carbons (Fsp3) is 0.391. The summed E-state index contributed by atoms with van der Waals surface area (Å²) >= 11 is 0. The number of hydrogen-bond donors (Lipinski definition) is 1. The highest BCUT2D eigenvalue weighted by molar-refractivity contribution is 5.93. The van der Waals surface area contributed by atoms with Crippen LogP contribution in [0.25, 0.3) is 10.9 Å². The molecule has 150 valence electrons. The molecule has 1 aromatic carbocycles. The number of pyridine rings is 1. The predicted molar refractivity (Wildman–Crippen MR) is 111 cm³/mol. The number of H-pyrrole nitrogens is 1. The number of nitrogens with zero attached hydrogens (tertiary/aromatic N) is 2. The molecule has 3 aromatic rings. The van der Waals surface area contributed by atoms with Crippen LogP contribution in [0.2, 0.25) is 0 Å². The second-order valence-corrected chi connectivity index (χ2v) is 8.12. The summed E-state index contributed by atoms with van der Waals surface area (Å²) in [5.41, 5.74) is 1.09. The zero-order valence-corrected chi connectivity index (χ0v) is 16.3. The molecule has 3 heterocycles. The van der Waals surface area contributed by atoms with E-state index in [0.717, 1.165) is 36.4 Å². The summed E-state index contributed by atoms with van der Waals surface area (Å²) in [6, 6.07) is 11.7. The lowest BCUT2D eigenvalue weighted by molar-refractivity contribution is 0.0596. The molecule has 0 radical (unpaired) electrons. The van der Waals surface area contributed by atoms with Crippen LogP contribution >= 0.6 is 0 Å². The van der Waals surface area contributed by atoms with Gasteiger partial charge in [0.2, 0.25) is 0 Å². The number of ether oxygens (including phenoxy) is 1. The van der Waals surface area contributed by atoms with Gasteiger partial charge in [0.25, 0.3) is 11.5 Å². The third-order valence-corrected chi connectivity index (χ3v) is 6.00. The Hall–Kier alpha value is -3.02. The van der Waals surface area contributed by atoms with Gasteiger partial charge in [0, 0.05) is 50.3 Å². The maximum Gasteiger partial charge on any atom is 0.260 e. The highest BCUT2D eigenvalue weighted by Gasteiger charge is 2.27. The van der Waals surface area contributed by atoms with Crippen molar-refractivity contribution in [2.75, 3.05) is 13.1 Å². The van der Waals surface area contributed by atoms with E-state index >= 15 is 0 Å². The SMILES string of the molecule is O=C(c1ccc[nH]c1=O)N1CCC(Oc2cccc3c2ccn3CC2CC2)CC1. The lowest BCUT2D eigenvalue weighted by Crippen LogP contribution is -2.43. The second kappa shape index (κ2) is 7.43. The number of nitrogens with one attached hydrogen (secondary N) is 1. The average Bonchev–Trinajstić information content (AvgIpc) is 3.47. The molecule has 29 heavy (non-hydrogen) atoms. The molecule has 2 aliphatic rings. The van der Waals surface area contributed by atoms with E-state index in [2.05, 4.69) is 33.9 Å². The standard InChI is InChI=1S/C23H25N3O3/c27-22-19(3-2-11-24-22)23(28)25-12-8-17(9-13-25)29-21-5-1-4-20-18(21)10-14-26(20)15-16-6-7-16/h1-5,10-11,14,16-17H,6-9,12-13,15H2,(H,24,27). The molecule has 0 unspecified atom stereocenters. The first-order valence-corrected chi connectivity index (χ1v) is 10.4. The molecule has 0 atom stereocenters. The monoisotopic (exact) mass is 391 g/mol. The van der Waals surface area contributed by atoms with Crippen molar-refractivity contribution in [3.63, 3.8) is 0 Å². The Bertz CT molecular complexity index is 1090. The fourth-order valence-electron chi connectivity index (χ4n) is 4.15. The van der Waals surface area contributed by atoms with Gasteiger partial charge >= 0.3 is 0 Å². The highest BCUT2D eigenvalue weighted by Crippen LogP contribution is 2.34. The summed E-state index contributed by atoms with van der Waals surface area (Å²) in [7, 11) is 0. The summed E-state index contributed by atoms with van der Waals surface area (Å²) in [5.74, 6) is 1.54. The highest BCUT2D eigenvalue weighted by atomic mass is 16.5. The van der Waals surface area contributed by atoms with Crippen LogP contribution in [-0.2, 0) is 6.54 Å². The molecule has 0 bridgehead atoms. The number of likely N-dealkylation sites (tertiary alicyclic amines) is 1. The number of fused-ring (bicyclic) bond motifs is 1. The molecule has 6 nitrogen and oxygen atoms in total. The van der Waals surface area contributed by atoms with Gasteiger partial charge in [-0.25, -0.2) is 0 Å². The lowest BCUT2D eigenvalue weighted by Gasteiger charge is -2.32. The molecule has 1 N–H and O–H groups in total. The zero-order chi connectivity index (χ0) is 19.8. The van der Waals surface area contributed by atoms with Crippen molar-refractivity contribution in [1.29, 1.82) is 0 Å². The van der Waals surface area contributed by atoms with E-state index in [4.69, 9.17) is 4.74 Å². The van der Waals surface area contributed by atoms with Gasteiger partial charge in [0.05, 0.1) is 5.52 Å². The average molecular weight is 391 g/mol. The van der Waals surface area contributed by atoms with Crippen LogP contribution in [0.3, 0.4) is 0 Å². The molecule has 1 aliphatic heterocycles. The van der Waals surface area contributed by atoms with E-state index in [9.17, 15) is 9.59 Å². The molecule has 0 spiro atoms. The minimum atomic E-state index is -0.335. The van der Waals surface area contributed by atoms with Crippen LogP contribution in [-0.4, -0.2) is 39.6 Å². The van der Waals surface area contributed by atoms with Crippen LogP contribution in [0.4, 0.5) is 0 Å². The first kappa shape index (κ1) is 18.0. The minimum absolute atomic E-state index is 0.0745. The van der Waals surface area contributed by atoms with Gasteiger partial charge in [0.15, 0.2) is 0 Å². The van der Waals surface area contributed by atoms with Gasteiger partial charge in [-0.05, 0) is 49.1 Å². The Labute approximate surface area is 169 Å². The quantitative estimate of drug-likeness (QED) is 0.725. The van der Waals surface area contributed by atoms with Gasteiger partial charge in [-0.15, -0.1) is 0 Å². The molecule has 5 rings (SSSR count). The predicted octanol–water partition coefficient (Wildman–Crippen LogP) is 3.42. The lowest BCUT2D eigenvalue weighted by atomic mass is 10.1. The van der Waals surface area contributed by atoms with Gasteiger partial charge in [-0.3, -0.25) is 9.59 Å². The van der Waals surface area contributed by atoms with Crippen molar-refractivity contribution < 1.29 is 9.53 Å². The van der Waals surface area contributed by atoms with Crippen LogP contribution in [0.5, 0.6) is 5.75 Å². The van der Waals surface area contributed by atoms with Crippen molar-refractivity contribution in [2.24, 2.45) is 5.92 Å². The number of benzene rings is 1. The number of hydrogen-bond acceptors (Lipinski definition) is 3. The van der Waals surface area contributed by atoms with Crippen molar-refractivity contribution in [3.05, 3.63) is 64.7 Å². The Morgan fingerprint density at radius 2 is 1.90 bits per heavy atom. The van der Waals surface area contributed by atoms with E-state index in [0.29, 0.717) is 13.1 Å². The molecule has 1 aliphatic carbocycles. The molecule has 2 fully saturated rings. The molecule has 1 saturated carbocycles. The Morgan fingerprint density at radius 3 is 2.66 bits per heavy atom. The van der Waals surface area contributed by atoms with E-state index in [-0.39, 0.29) is 23.1 Å². The van der Waals surface area contributed by atoms with E-state index in [1.165, 1.54) is 24.6 Å². The van der Waals surface area contributed by atoms with Crippen molar-refractivity contribution in [3.8, 4) is 5.75 Å². The Balaban J connectivity index is 1.25. The van der Waals surface area contributed by atoms with E-state index < -0.39 is 0 Å². The second-order valence-electron chi connectivity index (χ2n) is 8.12. The summed E-state index contributed by atoms with van der Waals surface area (Å²) in [5, 5.41) is 1.16. The van der Waals surface area contributed by atoms with Gasteiger partial charge in [0.1, 0.15) is 17.4 Å². The molecule has 2 aromatic heterocycles. The number of carbonyl (C=O) groups excluding carboxylic acids is 1. The summed E-state index contributed by atoms with van der Waals surface area (Å²) in [6.45, 7) is 2.28. The third kappa shape index (κ3) is 3.67. The molecule has 1 amide bonds. The number of piperidine rings is 1. The van der Waals surface area contributed by atoms with Crippen molar-refractivity contribution in [1.82, 2.24) is 14.5 Å². The van der Waals surface area contributed by atoms with Gasteiger partial charge in [-0.1, -0.05) is 6.07 Å². The fourth-order valence-corrected chi connectivity index (χ4v) is 4.15. The largest absolute Gasteiger partial charge is 0.490 e. The van der Waals surface area contributed by atoms with E-state index in [1.54, 1.807) is 17.0 Å². The van der Waals surface area contributed by atoms with E-state index in [1.807, 2.05) is 6.07 Å². The number of amides is 1. The first-order valence-electron chi connectivity index (χ1n) is 10.4. The third-order valence-electron chi connectivity index (χ3n) is 6.00. The summed E-state index contributed by atoms with van der Waals surface area (Å²) < 4.78 is 8.67. The maximum atomic E-state index is 12.6. The first-order chi connectivity index (χ1) is 14.2. The van der Waals surface area contributed by atoms with Gasteiger partial charge < -0.3 is 19.2 Å². The van der Waals surface area contributed by atoms with Crippen molar-refractivity contribution >= 4 is 16.8 Å². The minimum Gasteiger partial charge on any atom is -0.490 e. The topological polar surface area (TPSA) is 67.3 Å². The smallest absolute Gasteiger partial charge is 0.260 e. The molecule has 6 heteroatoms. The number of aromatic amines is 1. The number of aromatic nitrogens is 2. The molecular formula is C23H25N3O3. The van der Waals surface area contributed by atoms with Crippen LogP contribution < -0.4 is 10.3 Å². The van der Waals surface area contributed by atoms with Gasteiger partial charge in [-0.2, -0.15) is 0 Å². The molecule has 1 saturated heterocycles. The maximum absolute atomic E-state index is 12.6.